The second kappa shape index (κ2) is 9.15. The molecule has 1 unspecified atom stereocenters. The molecule has 1 N–H and O–H groups in total. The molecule has 8 nitrogen and oxygen atoms in total. The first kappa shape index (κ1) is 20.2. The minimum Gasteiger partial charge on any atom is -0.872 e. The Bertz CT molecular complexity index is 927. The van der Waals surface area contributed by atoms with E-state index >= 15 is 0 Å². The summed E-state index contributed by atoms with van der Waals surface area (Å²) >= 11 is 0. The molecular formula is C22H24N4O4. The Hall–Kier alpha value is -3.10. The molecule has 2 aromatic rings. The number of ketones is 1. The molecule has 0 spiro atoms. The van der Waals surface area contributed by atoms with Gasteiger partial charge in [0.15, 0.2) is 0 Å². The van der Waals surface area contributed by atoms with Gasteiger partial charge in [0.25, 0.3) is 5.91 Å². The van der Waals surface area contributed by atoms with Gasteiger partial charge in [-0.05, 0) is 29.3 Å². The molecule has 1 atom stereocenters. The predicted molar refractivity (Wildman–Crippen MR) is 106 cm³/mol. The standard InChI is InChI=1S/C22H24N4O4/c27-20(16-4-7-23-8-5-16)18-19(17-3-1-6-24-15-17)26(22(29)21(18)28)10-2-9-25-11-13-30-14-12-25/h1,3-8,15,19,27H,2,9-14H2. The smallest absolute Gasteiger partial charge is 0.295 e. The van der Waals surface area contributed by atoms with Gasteiger partial charge in [-0.2, -0.15) is 0 Å². The molecule has 0 aromatic carbocycles. The van der Waals surface area contributed by atoms with E-state index in [2.05, 4.69) is 9.97 Å². The van der Waals surface area contributed by atoms with E-state index in [1.807, 2.05) is 0 Å². The summed E-state index contributed by atoms with van der Waals surface area (Å²) in [5.74, 6) is -1.80. The lowest BCUT2D eigenvalue weighted by molar-refractivity contribution is -0.908. The first-order chi connectivity index (χ1) is 14.7. The van der Waals surface area contributed by atoms with Crippen LogP contribution >= 0.6 is 0 Å². The van der Waals surface area contributed by atoms with E-state index in [-0.39, 0.29) is 5.57 Å². The van der Waals surface area contributed by atoms with Crippen molar-refractivity contribution in [2.75, 3.05) is 39.4 Å². The van der Waals surface area contributed by atoms with E-state index in [1.165, 1.54) is 22.2 Å². The van der Waals surface area contributed by atoms with Crippen LogP contribution in [0.3, 0.4) is 0 Å². The van der Waals surface area contributed by atoms with Gasteiger partial charge in [-0.3, -0.25) is 19.6 Å². The van der Waals surface area contributed by atoms with Gasteiger partial charge in [0, 0.05) is 43.3 Å². The quantitative estimate of drug-likeness (QED) is 0.374. The summed E-state index contributed by atoms with van der Waals surface area (Å²) in [7, 11) is 0. The number of ether oxygens (including phenoxy) is 1. The fraction of sp³-hybridized carbons (Fsp3) is 0.364. The molecule has 1 amide bonds. The number of carbonyl (C=O) groups excluding carboxylic acids is 2. The number of amides is 1. The number of aromatic nitrogens is 2. The zero-order valence-electron chi connectivity index (χ0n) is 16.6. The van der Waals surface area contributed by atoms with Gasteiger partial charge >= 0.3 is 0 Å². The Balaban J connectivity index is 1.63. The van der Waals surface area contributed by atoms with Crippen LogP contribution < -0.4 is 10.0 Å². The van der Waals surface area contributed by atoms with Gasteiger partial charge in [-0.25, -0.2) is 0 Å². The molecule has 2 saturated heterocycles. The highest BCUT2D eigenvalue weighted by Crippen LogP contribution is 2.38. The Morgan fingerprint density at radius 3 is 2.60 bits per heavy atom. The van der Waals surface area contributed by atoms with E-state index in [9.17, 15) is 14.7 Å². The highest BCUT2D eigenvalue weighted by atomic mass is 16.5. The summed E-state index contributed by atoms with van der Waals surface area (Å²) in [6, 6.07) is 5.92. The van der Waals surface area contributed by atoms with E-state index in [0.29, 0.717) is 17.7 Å². The van der Waals surface area contributed by atoms with Crippen LogP contribution in [0.15, 0.2) is 54.6 Å². The van der Waals surface area contributed by atoms with Crippen molar-refractivity contribution in [2.45, 2.75) is 12.5 Å². The van der Waals surface area contributed by atoms with Crippen LogP contribution in [-0.2, 0) is 14.3 Å². The Labute approximate surface area is 174 Å². The maximum absolute atomic E-state index is 13.2. The van der Waals surface area contributed by atoms with Crippen LogP contribution in [-0.4, -0.2) is 66.0 Å². The number of nitrogens with zero attached hydrogens (tertiary/aromatic N) is 3. The molecule has 2 fully saturated rings. The summed E-state index contributed by atoms with van der Waals surface area (Å²) < 4.78 is 5.39. The lowest BCUT2D eigenvalue weighted by Crippen LogP contribution is -3.14. The second-order valence-corrected chi connectivity index (χ2v) is 7.46. The minimum absolute atomic E-state index is 0.0158. The normalized spacial score (nSPS) is 21.9. The number of Topliss-reactive ketones (excluding diaryl/α,β-unsaturated/α-hetero) is 1. The van der Waals surface area contributed by atoms with Gasteiger partial charge < -0.3 is 19.6 Å². The minimum atomic E-state index is -0.732. The summed E-state index contributed by atoms with van der Waals surface area (Å²) in [5.41, 5.74) is 0.986. The maximum Gasteiger partial charge on any atom is 0.295 e. The first-order valence-electron chi connectivity index (χ1n) is 10.1. The molecule has 30 heavy (non-hydrogen) atoms. The molecule has 2 aliphatic heterocycles. The molecule has 8 heteroatoms. The van der Waals surface area contributed by atoms with Crippen LogP contribution in [0, 0.1) is 0 Å². The van der Waals surface area contributed by atoms with Crippen LogP contribution in [0.1, 0.15) is 23.6 Å². The zero-order valence-corrected chi connectivity index (χ0v) is 16.6. The number of carbonyl (C=O) groups is 2. The number of hydrogen-bond donors (Lipinski definition) is 1. The Kier molecular flexibility index (Phi) is 6.15. The topological polar surface area (TPSA) is 99.9 Å². The third kappa shape index (κ3) is 4.10. The van der Waals surface area contributed by atoms with Gasteiger partial charge in [-0.1, -0.05) is 11.8 Å². The molecular weight excluding hydrogens is 384 g/mol. The van der Waals surface area contributed by atoms with Crippen molar-refractivity contribution in [1.29, 1.82) is 0 Å². The lowest BCUT2D eigenvalue weighted by atomic mass is 9.96. The van der Waals surface area contributed by atoms with Crippen molar-refractivity contribution >= 4 is 17.4 Å². The van der Waals surface area contributed by atoms with E-state index in [4.69, 9.17) is 4.74 Å². The Morgan fingerprint density at radius 2 is 1.90 bits per heavy atom. The lowest BCUT2D eigenvalue weighted by Gasteiger charge is -2.28. The summed E-state index contributed by atoms with van der Waals surface area (Å²) in [5, 5.41) is 13.2. The largest absolute Gasteiger partial charge is 0.872 e. The number of pyridine rings is 2. The Morgan fingerprint density at radius 1 is 1.13 bits per heavy atom. The average Bonchev–Trinajstić information content (AvgIpc) is 3.05. The third-order valence-corrected chi connectivity index (χ3v) is 5.60. The van der Waals surface area contributed by atoms with E-state index in [0.717, 1.165) is 39.3 Å². The third-order valence-electron chi connectivity index (χ3n) is 5.60. The number of nitrogens with one attached hydrogen (secondary N) is 1. The maximum atomic E-state index is 13.2. The molecule has 0 bridgehead atoms. The van der Waals surface area contributed by atoms with Crippen LogP contribution in [0.25, 0.3) is 5.76 Å². The number of rotatable bonds is 6. The number of hydrogen-bond acceptors (Lipinski definition) is 6. The average molecular weight is 408 g/mol. The molecule has 0 aliphatic carbocycles. The molecule has 0 radical (unpaired) electrons. The fourth-order valence-electron chi connectivity index (χ4n) is 4.05. The van der Waals surface area contributed by atoms with Crippen molar-refractivity contribution in [3.8, 4) is 0 Å². The van der Waals surface area contributed by atoms with Gasteiger partial charge in [0.05, 0.1) is 25.8 Å². The summed E-state index contributed by atoms with van der Waals surface area (Å²) in [6.07, 6.45) is 6.96. The molecule has 156 valence electrons. The highest BCUT2D eigenvalue weighted by Gasteiger charge is 2.44. The van der Waals surface area contributed by atoms with Crippen molar-refractivity contribution in [1.82, 2.24) is 14.9 Å². The number of likely N-dealkylation sites (tertiary alicyclic amines) is 1. The van der Waals surface area contributed by atoms with Crippen molar-refractivity contribution < 1.29 is 24.3 Å². The highest BCUT2D eigenvalue weighted by molar-refractivity contribution is 6.46. The SMILES string of the molecule is O=C1C(=O)N(CCC[NH+]2CCOCC2)C(c2cccnc2)C1=C([O-])c1ccncc1. The molecule has 2 aliphatic rings. The molecule has 4 heterocycles. The number of morpholine rings is 1. The van der Waals surface area contributed by atoms with Crippen molar-refractivity contribution in [3.05, 3.63) is 65.8 Å². The van der Waals surface area contributed by atoms with E-state index < -0.39 is 23.5 Å². The summed E-state index contributed by atoms with van der Waals surface area (Å²) in [6.45, 7) is 4.66. The summed E-state index contributed by atoms with van der Waals surface area (Å²) in [4.78, 5) is 36.7. The van der Waals surface area contributed by atoms with Crippen molar-refractivity contribution in [2.24, 2.45) is 0 Å². The van der Waals surface area contributed by atoms with Crippen LogP contribution in [0.4, 0.5) is 0 Å². The number of quaternary nitrogens is 1. The monoisotopic (exact) mass is 408 g/mol. The van der Waals surface area contributed by atoms with E-state index in [1.54, 1.807) is 36.7 Å². The first-order valence-corrected chi connectivity index (χ1v) is 10.1. The van der Waals surface area contributed by atoms with Gasteiger partial charge in [0.1, 0.15) is 13.1 Å². The zero-order chi connectivity index (χ0) is 20.9. The molecule has 0 saturated carbocycles. The van der Waals surface area contributed by atoms with Crippen LogP contribution in [0.5, 0.6) is 0 Å². The fourth-order valence-corrected chi connectivity index (χ4v) is 4.05. The second-order valence-electron chi connectivity index (χ2n) is 7.46. The molecule has 4 rings (SSSR count). The van der Waals surface area contributed by atoms with Gasteiger partial charge in [-0.15, -0.1) is 0 Å². The predicted octanol–water partition coefficient (Wildman–Crippen LogP) is -0.994. The molecule has 2 aromatic heterocycles. The van der Waals surface area contributed by atoms with Crippen LogP contribution in [0.2, 0.25) is 0 Å². The van der Waals surface area contributed by atoms with Crippen molar-refractivity contribution in [3.63, 3.8) is 0 Å². The van der Waals surface area contributed by atoms with Gasteiger partial charge in [0.2, 0.25) is 5.78 Å².